The Morgan fingerprint density at radius 1 is 1.35 bits per heavy atom. The molecule has 0 N–H and O–H groups in total. The van der Waals surface area contributed by atoms with Crippen molar-refractivity contribution in [2.24, 2.45) is 0 Å². The van der Waals surface area contributed by atoms with Crippen LogP contribution in [0.15, 0.2) is 12.1 Å². The van der Waals surface area contributed by atoms with Crippen molar-refractivity contribution in [3.63, 3.8) is 0 Å². The number of nitro benzene ring substituents is 1. The van der Waals surface area contributed by atoms with Gasteiger partial charge >= 0.3 is 0 Å². The number of nitrogens with zero attached hydrogens (tertiary/aromatic N) is 1. The maximum atomic E-state index is 11.1. The van der Waals surface area contributed by atoms with E-state index in [1.807, 2.05) is 0 Å². The molecule has 1 rings (SSSR count). The van der Waals surface area contributed by atoms with Crippen molar-refractivity contribution in [2.75, 3.05) is 0 Å². The summed E-state index contributed by atoms with van der Waals surface area (Å²) >= 11 is 0. The van der Waals surface area contributed by atoms with Crippen LogP contribution < -0.4 is 4.74 Å². The molecule has 5 nitrogen and oxygen atoms in total. The minimum Gasteiger partial charge on any atom is -0.483 e. The number of ether oxygens (including phenoxy) is 1. The van der Waals surface area contributed by atoms with E-state index in [0.717, 1.165) is 0 Å². The highest BCUT2D eigenvalue weighted by Gasteiger charge is 2.16. The predicted molar refractivity (Wildman–Crippen MR) is 63.3 cm³/mol. The lowest BCUT2D eigenvalue weighted by Crippen LogP contribution is -2.21. The maximum Gasteiger partial charge on any atom is 0.272 e. The van der Waals surface area contributed by atoms with Crippen molar-refractivity contribution in [1.29, 1.82) is 0 Å². The molecular formula is C12H15NO4. The van der Waals surface area contributed by atoms with E-state index in [2.05, 4.69) is 0 Å². The van der Waals surface area contributed by atoms with Crippen molar-refractivity contribution in [3.05, 3.63) is 33.4 Å². The smallest absolute Gasteiger partial charge is 0.272 e. The van der Waals surface area contributed by atoms with Crippen LogP contribution in [0.4, 0.5) is 5.69 Å². The summed E-state index contributed by atoms with van der Waals surface area (Å²) in [5.74, 6) is 0.427. The largest absolute Gasteiger partial charge is 0.483 e. The number of ketones is 1. The summed E-state index contributed by atoms with van der Waals surface area (Å²) < 4.78 is 5.45. The lowest BCUT2D eigenvalue weighted by atomic mass is 10.1. The minimum atomic E-state index is -0.547. The van der Waals surface area contributed by atoms with E-state index >= 15 is 0 Å². The van der Waals surface area contributed by atoms with E-state index < -0.39 is 11.0 Å². The van der Waals surface area contributed by atoms with Gasteiger partial charge in [0.05, 0.1) is 4.92 Å². The molecule has 0 fully saturated rings. The molecule has 92 valence electrons. The number of carbonyl (C=O) groups is 1. The van der Waals surface area contributed by atoms with Crippen LogP contribution in [-0.4, -0.2) is 16.8 Å². The molecule has 0 aliphatic carbocycles. The molecule has 0 aliphatic rings. The Kier molecular flexibility index (Phi) is 3.83. The normalized spacial score (nSPS) is 12.0. The zero-order valence-corrected chi connectivity index (χ0v) is 10.3. The fourth-order valence-corrected chi connectivity index (χ4v) is 1.37. The van der Waals surface area contributed by atoms with Gasteiger partial charge in [-0.05, 0) is 39.3 Å². The summed E-state index contributed by atoms with van der Waals surface area (Å²) in [4.78, 5) is 21.4. The van der Waals surface area contributed by atoms with Gasteiger partial charge in [0.1, 0.15) is 5.75 Å². The third-order valence-corrected chi connectivity index (χ3v) is 2.57. The molecule has 0 spiro atoms. The highest BCUT2D eigenvalue weighted by atomic mass is 16.6. The van der Waals surface area contributed by atoms with Gasteiger partial charge in [0.2, 0.25) is 0 Å². The summed E-state index contributed by atoms with van der Waals surface area (Å²) in [5.41, 5.74) is 1.23. The van der Waals surface area contributed by atoms with Crippen LogP contribution >= 0.6 is 0 Å². The number of Topliss-reactive ketones (excluding diaryl/α,β-unsaturated/α-hetero) is 1. The second kappa shape index (κ2) is 4.95. The van der Waals surface area contributed by atoms with Gasteiger partial charge in [-0.2, -0.15) is 0 Å². The summed E-state index contributed by atoms with van der Waals surface area (Å²) in [7, 11) is 0. The molecule has 0 aliphatic heterocycles. The van der Waals surface area contributed by atoms with Crippen molar-refractivity contribution in [2.45, 2.75) is 33.8 Å². The third-order valence-electron chi connectivity index (χ3n) is 2.57. The molecule has 17 heavy (non-hydrogen) atoms. The van der Waals surface area contributed by atoms with Gasteiger partial charge in [-0.25, -0.2) is 0 Å². The van der Waals surface area contributed by atoms with Crippen molar-refractivity contribution in [3.8, 4) is 5.75 Å². The van der Waals surface area contributed by atoms with Crippen molar-refractivity contribution < 1.29 is 14.5 Å². The molecule has 5 heteroatoms. The first-order valence-electron chi connectivity index (χ1n) is 5.25. The molecule has 1 unspecified atom stereocenters. The third kappa shape index (κ3) is 3.03. The van der Waals surface area contributed by atoms with Crippen LogP contribution in [0.5, 0.6) is 5.75 Å². The van der Waals surface area contributed by atoms with E-state index in [1.54, 1.807) is 26.8 Å². The Morgan fingerprint density at radius 2 is 1.94 bits per heavy atom. The molecule has 1 aromatic carbocycles. The molecule has 1 aromatic rings. The average molecular weight is 237 g/mol. The molecule has 0 amide bonds. The number of hydrogen-bond donors (Lipinski definition) is 0. The van der Waals surface area contributed by atoms with Gasteiger partial charge in [-0.1, -0.05) is 0 Å². The molecule has 0 saturated heterocycles. The van der Waals surface area contributed by atoms with E-state index in [0.29, 0.717) is 16.9 Å². The molecular weight excluding hydrogens is 222 g/mol. The summed E-state index contributed by atoms with van der Waals surface area (Å²) in [6.45, 7) is 6.45. The Balaban J connectivity index is 3.08. The van der Waals surface area contributed by atoms with Crippen LogP contribution in [0.3, 0.4) is 0 Å². The monoisotopic (exact) mass is 237 g/mol. The molecule has 0 heterocycles. The number of nitro groups is 1. The SMILES string of the molecule is CC(=O)C(C)Oc1cc(C)c([N+](=O)[O-])cc1C. The van der Waals surface area contributed by atoms with Crippen LogP contribution in [0.25, 0.3) is 0 Å². The lowest BCUT2D eigenvalue weighted by Gasteiger charge is -2.14. The molecule has 0 bridgehead atoms. The van der Waals surface area contributed by atoms with Gasteiger partial charge in [0.15, 0.2) is 11.9 Å². The highest BCUT2D eigenvalue weighted by Crippen LogP contribution is 2.28. The fraction of sp³-hybridized carbons (Fsp3) is 0.417. The second-order valence-electron chi connectivity index (χ2n) is 4.03. The van der Waals surface area contributed by atoms with E-state index in [1.165, 1.54) is 13.0 Å². The number of aryl methyl sites for hydroxylation is 2. The van der Waals surface area contributed by atoms with Gasteiger partial charge in [0.25, 0.3) is 5.69 Å². The topological polar surface area (TPSA) is 69.4 Å². The number of carbonyl (C=O) groups excluding carboxylic acids is 1. The predicted octanol–water partition coefficient (Wildman–Crippen LogP) is 2.57. The highest BCUT2D eigenvalue weighted by molar-refractivity contribution is 5.80. The molecule has 0 radical (unpaired) electrons. The van der Waals surface area contributed by atoms with E-state index in [-0.39, 0.29) is 11.5 Å². The first-order valence-corrected chi connectivity index (χ1v) is 5.25. The summed E-state index contributed by atoms with van der Waals surface area (Å²) in [5, 5.41) is 10.7. The lowest BCUT2D eigenvalue weighted by molar-refractivity contribution is -0.385. The molecule has 0 aromatic heterocycles. The minimum absolute atomic E-state index is 0.0605. The first-order chi connectivity index (χ1) is 7.82. The van der Waals surface area contributed by atoms with Crippen LogP contribution in [-0.2, 0) is 4.79 Å². The number of benzene rings is 1. The quantitative estimate of drug-likeness (QED) is 0.596. The Bertz CT molecular complexity index is 468. The zero-order chi connectivity index (χ0) is 13.2. The van der Waals surface area contributed by atoms with Crippen molar-refractivity contribution >= 4 is 11.5 Å². The Hall–Kier alpha value is -1.91. The van der Waals surface area contributed by atoms with Crippen molar-refractivity contribution in [1.82, 2.24) is 0 Å². The van der Waals surface area contributed by atoms with E-state index in [4.69, 9.17) is 4.74 Å². The van der Waals surface area contributed by atoms with Crippen LogP contribution in [0.1, 0.15) is 25.0 Å². The number of hydrogen-bond acceptors (Lipinski definition) is 4. The Labute approximate surface area is 99.5 Å². The van der Waals surface area contributed by atoms with Crippen LogP contribution in [0, 0.1) is 24.0 Å². The van der Waals surface area contributed by atoms with Gasteiger partial charge in [0, 0.05) is 11.6 Å². The standard InChI is InChI=1S/C12H15NO4/c1-7-6-12(17-10(4)9(3)14)8(2)5-11(7)13(15)16/h5-6,10H,1-4H3. The Morgan fingerprint density at radius 3 is 2.41 bits per heavy atom. The zero-order valence-electron chi connectivity index (χ0n) is 10.3. The molecule has 0 saturated carbocycles. The number of rotatable bonds is 4. The maximum absolute atomic E-state index is 11.1. The van der Waals surface area contributed by atoms with E-state index in [9.17, 15) is 14.9 Å². The second-order valence-corrected chi connectivity index (χ2v) is 4.03. The average Bonchev–Trinajstić information content (AvgIpc) is 2.22. The summed E-state index contributed by atoms with van der Waals surface area (Å²) in [6, 6.07) is 3.05. The van der Waals surface area contributed by atoms with Gasteiger partial charge in [-0.3, -0.25) is 14.9 Å². The van der Waals surface area contributed by atoms with Gasteiger partial charge < -0.3 is 4.74 Å². The fourth-order valence-electron chi connectivity index (χ4n) is 1.37. The first kappa shape index (κ1) is 13.2. The molecule has 1 atom stereocenters. The van der Waals surface area contributed by atoms with Crippen LogP contribution in [0.2, 0.25) is 0 Å². The summed E-state index contributed by atoms with van der Waals surface area (Å²) in [6.07, 6.45) is -0.547. The van der Waals surface area contributed by atoms with Gasteiger partial charge in [-0.15, -0.1) is 0 Å².